The molecule has 5 nitrogen and oxygen atoms in total. The van der Waals surface area contributed by atoms with E-state index in [0.29, 0.717) is 0 Å². The van der Waals surface area contributed by atoms with Crippen LogP contribution in [0.1, 0.15) is 11.4 Å². The molecule has 0 aromatic carbocycles. The fourth-order valence-corrected chi connectivity index (χ4v) is 0.988. The molecule has 86 valence electrons. The number of aliphatic hydroxyl groups is 1. The number of nitriles is 1. The van der Waals surface area contributed by atoms with E-state index >= 15 is 0 Å². The molecule has 1 aromatic heterocycles. The summed E-state index contributed by atoms with van der Waals surface area (Å²) in [6.07, 6.45) is -4.96. The molecule has 16 heavy (non-hydrogen) atoms. The number of hydrogen-bond acceptors (Lipinski definition) is 5. The lowest BCUT2D eigenvalue weighted by molar-refractivity contribution is -0.274. The Balaban J connectivity index is 3.23. The largest absolute Gasteiger partial charge is 0.573 e. The van der Waals surface area contributed by atoms with Gasteiger partial charge in [0.1, 0.15) is 6.07 Å². The van der Waals surface area contributed by atoms with Crippen LogP contribution in [-0.4, -0.2) is 16.5 Å². The number of alkyl halides is 3. The average Bonchev–Trinajstić information content (AvgIpc) is 2.19. The molecule has 0 unspecified atom stereocenters. The predicted molar refractivity (Wildman–Crippen MR) is 46.0 cm³/mol. The van der Waals surface area contributed by atoms with Crippen LogP contribution in [0.4, 0.5) is 18.9 Å². The van der Waals surface area contributed by atoms with Crippen molar-refractivity contribution < 1.29 is 23.0 Å². The molecule has 8 heteroatoms. The minimum absolute atomic E-state index is 0.0106. The SMILES string of the molecule is N#Cc1nc(CO)cc(N)c1OC(F)(F)F. The van der Waals surface area contributed by atoms with Gasteiger partial charge in [-0.15, -0.1) is 13.2 Å². The highest BCUT2D eigenvalue weighted by atomic mass is 19.4. The van der Waals surface area contributed by atoms with E-state index in [1.807, 2.05) is 0 Å². The summed E-state index contributed by atoms with van der Waals surface area (Å²) in [5.41, 5.74) is 4.21. The van der Waals surface area contributed by atoms with Crippen molar-refractivity contribution in [1.29, 1.82) is 5.26 Å². The van der Waals surface area contributed by atoms with Crippen molar-refractivity contribution in [2.24, 2.45) is 0 Å². The number of anilines is 1. The van der Waals surface area contributed by atoms with Gasteiger partial charge >= 0.3 is 6.36 Å². The highest BCUT2D eigenvalue weighted by Crippen LogP contribution is 2.31. The van der Waals surface area contributed by atoms with Crippen LogP contribution in [0.15, 0.2) is 6.07 Å². The first kappa shape index (κ1) is 12.1. The number of halogens is 3. The molecule has 0 aliphatic heterocycles. The summed E-state index contributed by atoms with van der Waals surface area (Å²) >= 11 is 0. The molecule has 1 heterocycles. The monoisotopic (exact) mass is 233 g/mol. The predicted octanol–water partition coefficient (Wildman–Crippen LogP) is 0.926. The number of nitrogens with zero attached hydrogens (tertiary/aromatic N) is 2. The van der Waals surface area contributed by atoms with Gasteiger partial charge in [0.2, 0.25) is 0 Å². The van der Waals surface area contributed by atoms with Crippen molar-refractivity contribution in [3.05, 3.63) is 17.5 Å². The Labute approximate surface area is 87.9 Å². The Morgan fingerprint density at radius 2 is 2.19 bits per heavy atom. The van der Waals surface area contributed by atoms with Crippen molar-refractivity contribution in [3.63, 3.8) is 0 Å². The summed E-state index contributed by atoms with van der Waals surface area (Å²) in [5, 5.41) is 17.3. The first-order valence-corrected chi connectivity index (χ1v) is 3.93. The normalized spacial score (nSPS) is 10.9. The van der Waals surface area contributed by atoms with Gasteiger partial charge in [-0.1, -0.05) is 0 Å². The van der Waals surface area contributed by atoms with Gasteiger partial charge in [0.15, 0.2) is 11.4 Å². The Kier molecular flexibility index (Phi) is 3.20. The lowest BCUT2D eigenvalue weighted by atomic mass is 10.2. The highest BCUT2D eigenvalue weighted by molar-refractivity contribution is 5.59. The van der Waals surface area contributed by atoms with E-state index in [0.717, 1.165) is 6.07 Å². The van der Waals surface area contributed by atoms with E-state index in [1.165, 1.54) is 6.07 Å². The van der Waals surface area contributed by atoms with E-state index in [-0.39, 0.29) is 5.69 Å². The highest BCUT2D eigenvalue weighted by Gasteiger charge is 2.33. The molecule has 0 aliphatic carbocycles. The quantitative estimate of drug-likeness (QED) is 0.792. The zero-order valence-electron chi connectivity index (χ0n) is 7.75. The number of rotatable bonds is 2. The number of aliphatic hydroxyl groups excluding tert-OH is 1. The number of nitrogen functional groups attached to an aromatic ring is 1. The zero-order chi connectivity index (χ0) is 12.3. The zero-order valence-corrected chi connectivity index (χ0v) is 7.75. The van der Waals surface area contributed by atoms with Crippen molar-refractivity contribution >= 4 is 5.69 Å². The average molecular weight is 233 g/mol. The van der Waals surface area contributed by atoms with Gasteiger partial charge in [-0.05, 0) is 6.07 Å². The fourth-order valence-electron chi connectivity index (χ4n) is 0.988. The molecule has 0 saturated carbocycles. The van der Waals surface area contributed by atoms with Crippen LogP contribution < -0.4 is 10.5 Å². The van der Waals surface area contributed by atoms with Crippen LogP contribution in [-0.2, 0) is 6.61 Å². The van der Waals surface area contributed by atoms with Gasteiger partial charge in [-0.2, -0.15) is 5.26 Å². The summed E-state index contributed by atoms with van der Waals surface area (Å²) in [7, 11) is 0. The third-order valence-corrected chi connectivity index (χ3v) is 1.54. The molecule has 0 bridgehead atoms. The molecule has 1 aromatic rings. The molecule has 0 amide bonds. The smallest absolute Gasteiger partial charge is 0.400 e. The van der Waals surface area contributed by atoms with Gasteiger partial charge in [-0.25, -0.2) is 4.98 Å². The van der Waals surface area contributed by atoms with Crippen LogP contribution in [0.3, 0.4) is 0 Å². The Bertz CT molecular complexity index is 439. The van der Waals surface area contributed by atoms with Gasteiger partial charge in [0, 0.05) is 0 Å². The van der Waals surface area contributed by atoms with Crippen LogP contribution in [0.2, 0.25) is 0 Å². The van der Waals surface area contributed by atoms with Crippen molar-refractivity contribution in [2.75, 3.05) is 5.73 Å². The Morgan fingerprint density at radius 1 is 1.56 bits per heavy atom. The van der Waals surface area contributed by atoms with Crippen molar-refractivity contribution in [1.82, 2.24) is 4.98 Å². The summed E-state index contributed by atoms with van der Waals surface area (Å²) < 4.78 is 39.4. The molecular formula is C8H6F3N3O2. The minimum atomic E-state index is -4.96. The third-order valence-electron chi connectivity index (χ3n) is 1.54. The van der Waals surface area contributed by atoms with Crippen LogP contribution in [0, 0.1) is 11.3 Å². The molecule has 3 N–H and O–H groups in total. The summed E-state index contributed by atoms with van der Waals surface area (Å²) in [4.78, 5) is 3.44. The van der Waals surface area contributed by atoms with Gasteiger partial charge < -0.3 is 15.6 Å². The maximum Gasteiger partial charge on any atom is 0.573 e. The van der Waals surface area contributed by atoms with E-state index in [4.69, 9.17) is 16.1 Å². The molecule has 0 atom stereocenters. The molecule has 1 rings (SSSR count). The number of aromatic nitrogens is 1. The van der Waals surface area contributed by atoms with Gasteiger partial charge in [-0.3, -0.25) is 0 Å². The Morgan fingerprint density at radius 3 is 2.62 bits per heavy atom. The first-order chi connectivity index (χ1) is 7.37. The van der Waals surface area contributed by atoms with E-state index < -0.39 is 30.1 Å². The molecule has 0 fully saturated rings. The Hall–Kier alpha value is -2.01. The van der Waals surface area contributed by atoms with Crippen molar-refractivity contribution in [3.8, 4) is 11.8 Å². The van der Waals surface area contributed by atoms with E-state index in [9.17, 15) is 13.2 Å². The topological polar surface area (TPSA) is 92.2 Å². The molecular weight excluding hydrogens is 227 g/mol. The van der Waals surface area contributed by atoms with Crippen molar-refractivity contribution in [2.45, 2.75) is 13.0 Å². The minimum Gasteiger partial charge on any atom is -0.400 e. The van der Waals surface area contributed by atoms with Crippen LogP contribution in [0.25, 0.3) is 0 Å². The van der Waals surface area contributed by atoms with Crippen LogP contribution >= 0.6 is 0 Å². The molecule has 0 spiro atoms. The van der Waals surface area contributed by atoms with Gasteiger partial charge in [0.25, 0.3) is 0 Å². The second-order valence-electron chi connectivity index (χ2n) is 2.70. The summed E-state index contributed by atoms with van der Waals surface area (Å²) in [6.45, 7) is -0.537. The van der Waals surface area contributed by atoms with Gasteiger partial charge in [0.05, 0.1) is 18.0 Å². The maximum atomic E-state index is 12.0. The lowest BCUT2D eigenvalue weighted by Crippen LogP contribution is -2.19. The fraction of sp³-hybridized carbons (Fsp3) is 0.250. The third kappa shape index (κ3) is 2.74. The first-order valence-electron chi connectivity index (χ1n) is 3.93. The van der Waals surface area contributed by atoms with Crippen LogP contribution in [0.5, 0.6) is 5.75 Å². The number of ether oxygens (including phenoxy) is 1. The lowest BCUT2D eigenvalue weighted by Gasteiger charge is -2.12. The second kappa shape index (κ2) is 4.24. The number of pyridine rings is 1. The molecule has 0 radical (unpaired) electrons. The molecule has 0 saturated heterocycles. The number of nitrogens with two attached hydrogens (primary N) is 1. The van der Waals surface area contributed by atoms with E-state index in [1.54, 1.807) is 0 Å². The summed E-state index contributed by atoms with van der Waals surface area (Å²) in [6, 6.07) is 2.41. The second-order valence-corrected chi connectivity index (χ2v) is 2.70. The molecule has 0 aliphatic rings. The standard InChI is InChI=1S/C8H6F3N3O2/c9-8(10,11)16-7-5(13)1-4(3-15)14-6(7)2-12/h1,15H,3H2,(H2,13,14). The number of hydrogen-bond donors (Lipinski definition) is 2. The maximum absolute atomic E-state index is 12.0. The van der Waals surface area contributed by atoms with E-state index in [2.05, 4.69) is 9.72 Å². The summed E-state index contributed by atoms with van der Waals surface area (Å²) in [5.74, 6) is -0.854.